The standard InChI is InChI=1S/C18H21NO2/c1-2-12-19-21-14-13-20-18-10-8-17(9-11-18)15-16-6-4-3-5-7-16/h3-12H,2,13-15H2,1H3/b19-12+. The van der Waals surface area contributed by atoms with Crippen molar-refractivity contribution in [2.24, 2.45) is 5.16 Å². The minimum Gasteiger partial charge on any atom is -0.490 e. The summed E-state index contributed by atoms with van der Waals surface area (Å²) in [5.41, 5.74) is 2.59. The minimum absolute atomic E-state index is 0.461. The lowest BCUT2D eigenvalue weighted by Crippen LogP contribution is -2.04. The number of benzene rings is 2. The quantitative estimate of drug-likeness (QED) is 0.415. The summed E-state index contributed by atoms with van der Waals surface area (Å²) in [6, 6.07) is 18.6. The summed E-state index contributed by atoms with van der Waals surface area (Å²) in [5.74, 6) is 0.856. The summed E-state index contributed by atoms with van der Waals surface area (Å²) in [4.78, 5) is 5.04. The molecule has 21 heavy (non-hydrogen) atoms. The van der Waals surface area contributed by atoms with Crippen molar-refractivity contribution in [3.63, 3.8) is 0 Å². The molecule has 0 aliphatic heterocycles. The maximum Gasteiger partial charge on any atom is 0.151 e. The van der Waals surface area contributed by atoms with Crippen LogP contribution in [0.5, 0.6) is 5.75 Å². The highest BCUT2D eigenvalue weighted by molar-refractivity contribution is 5.55. The third-order valence-corrected chi connectivity index (χ3v) is 2.95. The maximum absolute atomic E-state index is 5.59. The van der Waals surface area contributed by atoms with Crippen LogP contribution >= 0.6 is 0 Å². The first-order chi connectivity index (χ1) is 10.4. The van der Waals surface area contributed by atoms with E-state index < -0.39 is 0 Å². The van der Waals surface area contributed by atoms with Gasteiger partial charge in [0, 0.05) is 6.21 Å². The minimum atomic E-state index is 0.461. The molecule has 0 spiro atoms. The SMILES string of the molecule is CC/C=N/OCCOc1ccc(Cc2ccccc2)cc1. The van der Waals surface area contributed by atoms with Gasteiger partial charge in [0.15, 0.2) is 6.61 Å². The zero-order chi connectivity index (χ0) is 14.8. The third-order valence-electron chi connectivity index (χ3n) is 2.95. The molecule has 0 unspecified atom stereocenters. The van der Waals surface area contributed by atoms with Crippen LogP contribution in [-0.2, 0) is 11.3 Å². The Kier molecular flexibility index (Phi) is 6.33. The summed E-state index contributed by atoms with van der Waals surface area (Å²) in [6.07, 6.45) is 3.55. The van der Waals surface area contributed by atoms with E-state index >= 15 is 0 Å². The van der Waals surface area contributed by atoms with E-state index in [1.807, 2.05) is 25.1 Å². The number of rotatable bonds is 8. The van der Waals surface area contributed by atoms with Crippen molar-refractivity contribution < 1.29 is 9.57 Å². The number of oxime groups is 1. The maximum atomic E-state index is 5.59. The highest BCUT2D eigenvalue weighted by atomic mass is 16.6. The number of nitrogens with zero attached hydrogens (tertiary/aromatic N) is 1. The lowest BCUT2D eigenvalue weighted by Gasteiger charge is -2.07. The molecule has 3 heteroatoms. The monoisotopic (exact) mass is 283 g/mol. The van der Waals surface area contributed by atoms with E-state index in [-0.39, 0.29) is 0 Å². The Morgan fingerprint density at radius 2 is 1.62 bits per heavy atom. The Labute approximate surface area is 126 Å². The van der Waals surface area contributed by atoms with Gasteiger partial charge in [0.25, 0.3) is 0 Å². The second-order valence-corrected chi connectivity index (χ2v) is 4.68. The molecule has 2 rings (SSSR count). The molecule has 0 radical (unpaired) electrons. The van der Waals surface area contributed by atoms with Gasteiger partial charge in [-0.25, -0.2) is 0 Å². The van der Waals surface area contributed by atoms with Gasteiger partial charge < -0.3 is 9.57 Å². The first kappa shape index (κ1) is 15.1. The number of hydrogen-bond donors (Lipinski definition) is 0. The fourth-order valence-corrected chi connectivity index (χ4v) is 1.91. The van der Waals surface area contributed by atoms with Crippen LogP contribution in [0.2, 0.25) is 0 Å². The van der Waals surface area contributed by atoms with Gasteiger partial charge in [-0.05, 0) is 36.1 Å². The molecular formula is C18H21NO2. The summed E-state index contributed by atoms with van der Waals surface area (Å²) >= 11 is 0. The van der Waals surface area contributed by atoms with Crippen LogP contribution in [0.15, 0.2) is 59.8 Å². The molecule has 0 amide bonds. The molecule has 0 fully saturated rings. The van der Waals surface area contributed by atoms with Crippen LogP contribution in [0.3, 0.4) is 0 Å². The van der Waals surface area contributed by atoms with Crippen molar-refractivity contribution in [1.82, 2.24) is 0 Å². The molecule has 110 valence electrons. The Balaban J connectivity index is 1.75. The first-order valence-corrected chi connectivity index (χ1v) is 7.28. The second-order valence-electron chi connectivity index (χ2n) is 4.68. The van der Waals surface area contributed by atoms with Crippen molar-refractivity contribution in [1.29, 1.82) is 0 Å². The van der Waals surface area contributed by atoms with Crippen LogP contribution in [0.1, 0.15) is 24.5 Å². The topological polar surface area (TPSA) is 30.8 Å². The van der Waals surface area contributed by atoms with Gasteiger partial charge in [0.05, 0.1) is 0 Å². The van der Waals surface area contributed by atoms with Gasteiger partial charge in [-0.15, -0.1) is 0 Å². The largest absolute Gasteiger partial charge is 0.490 e. The summed E-state index contributed by atoms with van der Waals surface area (Å²) in [7, 11) is 0. The van der Waals surface area contributed by atoms with Crippen molar-refractivity contribution in [3.8, 4) is 5.75 Å². The van der Waals surface area contributed by atoms with E-state index in [2.05, 4.69) is 41.6 Å². The van der Waals surface area contributed by atoms with Crippen LogP contribution in [0.25, 0.3) is 0 Å². The van der Waals surface area contributed by atoms with Gasteiger partial charge in [0.1, 0.15) is 12.4 Å². The van der Waals surface area contributed by atoms with E-state index in [9.17, 15) is 0 Å². The predicted molar refractivity (Wildman–Crippen MR) is 85.9 cm³/mol. The average molecular weight is 283 g/mol. The van der Waals surface area contributed by atoms with E-state index in [0.717, 1.165) is 18.6 Å². The third kappa shape index (κ3) is 5.69. The summed E-state index contributed by atoms with van der Waals surface area (Å²) < 4.78 is 5.59. The molecule has 0 heterocycles. The normalized spacial score (nSPS) is 10.7. The predicted octanol–water partition coefficient (Wildman–Crippen LogP) is 4.07. The highest BCUT2D eigenvalue weighted by Crippen LogP contribution is 2.15. The molecule has 0 saturated heterocycles. The van der Waals surface area contributed by atoms with Crippen LogP contribution in [-0.4, -0.2) is 19.4 Å². The zero-order valence-electron chi connectivity index (χ0n) is 12.4. The molecule has 0 atom stereocenters. The Morgan fingerprint density at radius 1 is 0.905 bits per heavy atom. The molecule has 2 aromatic carbocycles. The molecule has 0 N–H and O–H groups in total. The smallest absolute Gasteiger partial charge is 0.151 e. The zero-order valence-corrected chi connectivity index (χ0v) is 12.4. The van der Waals surface area contributed by atoms with Crippen LogP contribution in [0.4, 0.5) is 0 Å². The van der Waals surface area contributed by atoms with E-state index in [4.69, 9.17) is 9.57 Å². The fourth-order valence-electron chi connectivity index (χ4n) is 1.91. The van der Waals surface area contributed by atoms with Crippen molar-refractivity contribution >= 4 is 6.21 Å². The Bertz CT molecular complexity index is 535. The lowest BCUT2D eigenvalue weighted by atomic mass is 10.1. The Hall–Kier alpha value is -2.29. The van der Waals surface area contributed by atoms with Crippen LogP contribution in [0, 0.1) is 0 Å². The number of hydrogen-bond acceptors (Lipinski definition) is 3. The molecule has 0 bridgehead atoms. The van der Waals surface area contributed by atoms with Gasteiger partial charge in [0.2, 0.25) is 0 Å². The Morgan fingerprint density at radius 3 is 2.33 bits per heavy atom. The van der Waals surface area contributed by atoms with Gasteiger partial charge in [-0.2, -0.15) is 0 Å². The van der Waals surface area contributed by atoms with E-state index in [1.54, 1.807) is 6.21 Å². The molecule has 0 saturated carbocycles. The van der Waals surface area contributed by atoms with Crippen molar-refractivity contribution in [2.75, 3.05) is 13.2 Å². The van der Waals surface area contributed by atoms with Crippen molar-refractivity contribution in [3.05, 3.63) is 65.7 Å². The van der Waals surface area contributed by atoms with E-state index in [1.165, 1.54) is 11.1 Å². The van der Waals surface area contributed by atoms with Crippen LogP contribution < -0.4 is 4.74 Å². The fraction of sp³-hybridized carbons (Fsp3) is 0.278. The molecular weight excluding hydrogens is 262 g/mol. The average Bonchev–Trinajstić information content (AvgIpc) is 2.53. The molecule has 0 aliphatic rings. The van der Waals surface area contributed by atoms with E-state index in [0.29, 0.717) is 13.2 Å². The summed E-state index contributed by atoms with van der Waals surface area (Å²) in [5, 5.41) is 3.78. The molecule has 0 aliphatic carbocycles. The molecule has 0 aromatic heterocycles. The second kappa shape index (κ2) is 8.80. The number of ether oxygens (including phenoxy) is 1. The lowest BCUT2D eigenvalue weighted by molar-refractivity contribution is 0.108. The van der Waals surface area contributed by atoms with Gasteiger partial charge in [-0.1, -0.05) is 54.5 Å². The molecule has 2 aromatic rings. The van der Waals surface area contributed by atoms with Gasteiger partial charge >= 0.3 is 0 Å². The van der Waals surface area contributed by atoms with Crippen molar-refractivity contribution in [2.45, 2.75) is 19.8 Å². The first-order valence-electron chi connectivity index (χ1n) is 7.28. The summed E-state index contributed by atoms with van der Waals surface area (Å²) in [6.45, 7) is 2.97. The molecule has 3 nitrogen and oxygen atoms in total. The van der Waals surface area contributed by atoms with Gasteiger partial charge in [-0.3, -0.25) is 0 Å². The highest BCUT2D eigenvalue weighted by Gasteiger charge is 1.98.